The first kappa shape index (κ1) is 19.0. The summed E-state index contributed by atoms with van der Waals surface area (Å²) < 4.78 is 17.0. The van der Waals surface area contributed by atoms with Crippen molar-refractivity contribution < 1.29 is 24.1 Å². The molecule has 7 heteroatoms. The number of hydrogen-bond acceptors (Lipinski definition) is 6. The van der Waals surface area contributed by atoms with Crippen LogP contribution in [0, 0.1) is 0 Å². The molecule has 6 nitrogen and oxygen atoms in total. The van der Waals surface area contributed by atoms with Crippen molar-refractivity contribution in [2.45, 2.75) is 6.92 Å². The minimum absolute atomic E-state index is 0.0397. The standard InChI is InChI=1S/C20H18BrNO5/c1-4-27-19-14(21)8-11(9-17(19)26-3)15-10-13(20(23)24)12-6-5-7-16(25-2)18(12)22-15/h5-10H,4H2,1-3H3,(H,23,24)/p-1. The molecule has 0 aliphatic heterocycles. The average molecular weight is 431 g/mol. The zero-order valence-corrected chi connectivity index (χ0v) is 16.6. The Hall–Kier alpha value is -2.80. The number of rotatable bonds is 6. The molecular weight excluding hydrogens is 414 g/mol. The molecule has 0 spiro atoms. The molecule has 0 N–H and O–H groups in total. The molecule has 1 heterocycles. The van der Waals surface area contributed by atoms with Gasteiger partial charge in [-0.15, -0.1) is 0 Å². The molecule has 0 amide bonds. The minimum atomic E-state index is -1.28. The molecular formula is C20H17BrNO5-. The van der Waals surface area contributed by atoms with Gasteiger partial charge in [0.05, 0.1) is 37.0 Å². The zero-order chi connectivity index (χ0) is 19.6. The smallest absolute Gasteiger partial charge is 0.175 e. The number of methoxy groups -OCH3 is 2. The zero-order valence-electron chi connectivity index (χ0n) is 15.0. The minimum Gasteiger partial charge on any atom is -0.545 e. The third-order valence-corrected chi connectivity index (χ3v) is 4.65. The summed E-state index contributed by atoms with van der Waals surface area (Å²) in [4.78, 5) is 16.3. The maximum Gasteiger partial charge on any atom is 0.175 e. The van der Waals surface area contributed by atoms with E-state index in [1.807, 2.05) is 6.92 Å². The molecule has 0 fully saturated rings. The molecule has 0 unspecified atom stereocenters. The van der Waals surface area contributed by atoms with Crippen LogP contribution in [0.2, 0.25) is 0 Å². The van der Waals surface area contributed by atoms with E-state index in [0.717, 1.165) is 0 Å². The van der Waals surface area contributed by atoms with E-state index in [4.69, 9.17) is 14.2 Å². The van der Waals surface area contributed by atoms with Gasteiger partial charge in [-0.1, -0.05) is 12.1 Å². The monoisotopic (exact) mass is 430 g/mol. The highest BCUT2D eigenvalue weighted by Gasteiger charge is 2.16. The summed E-state index contributed by atoms with van der Waals surface area (Å²) in [7, 11) is 3.05. The van der Waals surface area contributed by atoms with Gasteiger partial charge in [-0.05, 0) is 47.1 Å². The van der Waals surface area contributed by atoms with Gasteiger partial charge in [0.25, 0.3) is 0 Å². The number of halogens is 1. The number of ether oxygens (including phenoxy) is 3. The van der Waals surface area contributed by atoms with Crippen molar-refractivity contribution in [3.05, 3.63) is 46.4 Å². The summed E-state index contributed by atoms with van der Waals surface area (Å²) in [6.07, 6.45) is 0. The lowest BCUT2D eigenvalue weighted by Gasteiger charge is -2.15. The van der Waals surface area contributed by atoms with Crippen molar-refractivity contribution in [2.24, 2.45) is 0 Å². The number of carboxylic acid groups (broad SMARTS) is 1. The van der Waals surface area contributed by atoms with Crippen LogP contribution >= 0.6 is 15.9 Å². The fourth-order valence-electron chi connectivity index (χ4n) is 2.86. The van der Waals surface area contributed by atoms with Crippen molar-refractivity contribution in [1.29, 1.82) is 0 Å². The number of carbonyl (C=O) groups excluding carboxylic acids is 1. The molecule has 140 valence electrons. The number of pyridine rings is 1. The predicted octanol–water partition coefficient (Wildman–Crippen LogP) is 3.44. The van der Waals surface area contributed by atoms with Crippen molar-refractivity contribution in [3.63, 3.8) is 0 Å². The highest BCUT2D eigenvalue weighted by atomic mass is 79.9. The summed E-state index contributed by atoms with van der Waals surface area (Å²) in [6.45, 7) is 2.36. The summed E-state index contributed by atoms with van der Waals surface area (Å²) >= 11 is 3.48. The summed E-state index contributed by atoms with van der Waals surface area (Å²) in [6, 6.07) is 10.2. The molecule has 3 rings (SSSR count). The fourth-order valence-corrected chi connectivity index (χ4v) is 3.41. The lowest BCUT2D eigenvalue weighted by Crippen LogP contribution is -2.22. The van der Waals surface area contributed by atoms with Gasteiger partial charge >= 0.3 is 0 Å². The number of benzene rings is 2. The Labute approximate surface area is 164 Å². The maximum absolute atomic E-state index is 11.7. The van der Waals surface area contributed by atoms with Gasteiger partial charge in [0.15, 0.2) is 11.5 Å². The number of aromatic nitrogens is 1. The maximum atomic E-state index is 11.7. The van der Waals surface area contributed by atoms with E-state index in [2.05, 4.69) is 20.9 Å². The van der Waals surface area contributed by atoms with E-state index in [1.165, 1.54) is 20.3 Å². The molecule has 0 atom stereocenters. The number of hydrogen-bond donors (Lipinski definition) is 0. The van der Waals surface area contributed by atoms with Gasteiger partial charge in [-0.2, -0.15) is 0 Å². The Bertz CT molecular complexity index is 1020. The quantitative estimate of drug-likeness (QED) is 0.595. The highest BCUT2D eigenvalue weighted by Crippen LogP contribution is 2.40. The Morgan fingerprint density at radius 2 is 1.89 bits per heavy atom. The largest absolute Gasteiger partial charge is 0.545 e. The second kappa shape index (κ2) is 7.84. The molecule has 3 aromatic rings. The Balaban J connectivity index is 2.28. The average Bonchev–Trinajstić information content (AvgIpc) is 2.67. The molecule has 1 aromatic heterocycles. The molecule has 0 bridgehead atoms. The van der Waals surface area contributed by atoms with E-state index in [1.54, 1.807) is 30.3 Å². The first-order valence-electron chi connectivity index (χ1n) is 8.20. The lowest BCUT2D eigenvalue weighted by atomic mass is 10.0. The third kappa shape index (κ3) is 3.55. The fraction of sp³-hybridized carbons (Fsp3) is 0.200. The summed E-state index contributed by atoms with van der Waals surface area (Å²) in [5.41, 5.74) is 1.60. The van der Waals surface area contributed by atoms with Crippen LogP contribution in [0.25, 0.3) is 22.2 Å². The van der Waals surface area contributed by atoms with Crippen LogP contribution in [-0.4, -0.2) is 31.8 Å². The summed E-state index contributed by atoms with van der Waals surface area (Å²) in [5.74, 6) is 0.281. The van der Waals surface area contributed by atoms with Gasteiger partial charge in [0.1, 0.15) is 11.3 Å². The third-order valence-electron chi connectivity index (χ3n) is 4.06. The van der Waals surface area contributed by atoms with E-state index in [0.29, 0.717) is 50.5 Å². The SMILES string of the molecule is CCOc1c(Br)cc(-c2cc(C(=O)[O-])c3cccc(OC)c3n2)cc1OC. The molecule has 27 heavy (non-hydrogen) atoms. The summed E-state index contributed by atoms with van der Waals surface area (Å²) in [5, 5.41) is 12.1. The van der Waals surface area contributed by atoms with E-state index in [9.17, 15) is 9.90 Å². The molecule has 0 radical (unpaired) electrons. The van der Waals surface area contributed by atoms with Crippen LogP contribution in [0.4, 0.5) is 0 Å². The second-order valence-electron chi connectivity index (χ2n) is 5.62. The van der Waals surface area contributed by atoms with Crippen LogP contribution in [0.1, 0.15) is 17.3 Å². The normalized spacial score (nSPS) is 10.7. The van der Waals surface area contributed by atoms with Crippen LogP contribution in [0.15, 0.2) is 40.9 Å². The number of para-hydroxylation sites is 1. The number of fused-ring (bicyclic) bond motifs is 1. The Morgan fingerprint density at radius 3 is 2.52 bits per heavy atom. The van der Waals surface area contributed by atoms with Gasteiger partial charge in [-0.25, -0.2) is 4.98 Å². The molecule has 0 aliphatic carbocycles. The number of carboxylic acids is 1. The van der Waals surface area contributed by atoms with Crippen LogP contribution < -0.4 is 19.3 Å². The van der Waals surface area contributed by atoms with E-state index < -0.39 is 5.97 Å². The van der Waals surface area contributed by atoms with Crippen molar-refractivity contribution in [3.8, 4) is 28.5 Å². The van der Waals surface area contributed by atoms with E-state index in [-0.39, 0.29) is 5.56 Å². The van der Waals surface area contributed by atoms with E-state index >= 15 is 0 Å². The first-order valence-corrected chi connectivity index (χ1v) is 8.99. The second-order valence-corrected chi connectivity index (χ2v) is 6.48. The number of aromatic carboxylic acids is 1. The van der Waals surface area contributed by atoms with Crippen molar-refractivity contribution in [1.82, 2.24) is 4.98 Å². The van der Waals surface area contributed by atoms with Crippen LogP contribution in [0.3, 0.4) is 0 Å². The van der Waals surface area contributed by atoms with Gasteiger partial charge < -0.3 is 24.1 Å². The highest BCUT2D eigenvalue weighted by molar-refractivity contribution is 9.10. The number of nitrogens with zero attached hydrogens (tertiary/aromatic N) is 1. The first-order chi connectivity index (χ1) is 13.0. The van der Waals surface area contributed by atoms with Gasteiger partial charge in [0, 0.05) is 16.5 Å². The van der Waals surface area contributed by atoms with Gasteiger partial charge in [-0.3, -0.25) is 0 Å². The van der Waals surface area contributed by atoms with Crippen LogP contribution in [0.5, 0.6) is 17.2 Å². The van der Waals surface area contributed by atoms with Gasteiger partial charge in [0.2, 0.25) is 0 Å². The van der Waals surface area contributed by atoms with Crippen molar-refractivity contribution >= 4 is 32.8 Å². The molecule has 0 saturated carbocycles. The van der Waals surface area contributed by atoms with Crippen LogP contribution in [-0.2, 0) is 0 Å². The Kier molecular flexibility index (Phi) is 5.51. The molecule has 0 saturated heterocycles. The molecule has 2 aromatic carbocycles. The predicted molar refractivity (Wildman–Crippen MR) is 103 cm³/mol. The van der Waals surface area contributed by atoms with Crippen molar-refractivity contribution in [2.75, 3.05) is 20.8 Å². The topological polar surface area (TPSA) is 80.7 Å². The number of carbonyl (C=O) groups is 1. The Morgan fingerprint density at radius 1 is 1.15 bits per heavy atom. The molecule has 0 aliphatic rings. The lowest BCUT2D eigenvalue weighted by molar-refractivity contribution is -0.254.